The number of aromatic nitrogens is 3. The maximum Gasteiger partial charge on any atom is 0.0645 e. The molecule has 2 unspecified atom stereocenters. The molecule has 0 radical (unpaired) electrons. The molecule has 0 amide bonds. The highest BCUT2D eigenvalue weighted by Gasteiger charge is 2.34. The van der Waals surface area contributed by atoms with Crippen molar-refractivity contribution >= 4 is 0 Å². The summed E-state index contributed by atoms with van der Waals surface area (Å²) in [5.41, 5.74) is 3.69. The van der Waals surface area contributed by atoms with Gasteiger partial charge in [-0.05, 0) is 54.7 Å². The van der Waals surface area contributed by atoms with Crippen LogP contribution in [0.1, 0.15) is 24.1 Å². The minimum absolute atomic E-state index is 0.647. The Morgan fingerprint density at radius 2 is 1.79 bits per heavy atom. The molecule has 2 aromatic heterocycles. The van der Waals surface area contributed by atoms with Gasteiger partial charge >= 0.3 is 0 Å². The normalized spacial score (nSPS) is 23.0. The van der Waals surface area contributed by atoms with Gasteiger partial charge in [0.05, 0.1) is 11.4 Å². The highest BCUT2D eigenvalue weighted by molar-refractivity contribution is 5.33. The molecule has 3 aliphatic heterocycles. The Labute approximate surface area is 166 Å². The van der Waals surface area contributed by atoms with Crippen LogP contribution in [0.25, 0.3) is 5.69 Å². The molecule has 0 saturated carbocycles. The minimum atomic E-state index is 0.647. The van der Waals surface area contributed by atoms with Crippen molar-refractivity contribution in [2.45, 2.75) is 32.0 Å². The monoisotopic (exact) mass is 373 g/mol. The van der Waals surface area contributed by atoms with Crippen molar-refractivity contribution < 1.29 is 0 Å². The van der Waals surface area contributed by atoms with Crippen LogP contribution in [0.15, 0.2) is 67.1 Å². The number of benzene rings is 1. The number of piperidine rings is 1. The van der Waals surface area contributed by atoms with Crippen molar-refractivity contribution in [1.29, 1.82) is 0 Å². The lowest BCUT2D eigenvalue weighted by atomic mass is 9.94. The van der Waals surface area contributed by atoms with E-state index < -0.39 is 0 Å². The van der Waals surface area contributed by atoms with E-state index >= 15 is 0 Å². The standard InChI is InChI=1S/C23H27N5/c1-2-11-24-21(4-1)17-26-14-20-7-10-23(18-26)27(16-20)15-19-5-8-22(9-6-19)28-13-3-12-25-28/h1-6,8-9,11-13,20,23H,7,10,14-18H2. The van der Waals surface area contributed by atoms with Crippen molar-refractivity contribution in [3.63, 3.8) is 0 Å². The highest BCUT2D eigenvalue weighted by atomic mass is 15.3. The van der Waals surface area contributed by atoms with Gasteiger partial charge in [-0.2, -0.15) is 5.10 Å². The van der Waals surface area contributed by atoms with Crippen molar-refractivity contribution in [3.8, 4) is 5.69 Å². The second kappa shape index (κ2) is 7.86. The number of hydrogen-bond acceptors (Lipinski definition) is 4. The molecule has 5 nitrogen and oxygen atoms in total. The Hall–Kier alpha value is -2.50. The summed E-state index contributed by atoms with van der Waals surface area (Å²) < 4.78 is 1.91. The third-order valence-corrected chi connectivity index (χ3v) is 6.11. The Morgan fingerprint density at radius 1 is 0.857 bits per heavy atom. The number of nitrogens with zero attached hydrogens (tertiary/aromatic N) is 5. The van der Waals surface area contributed by atoms with Crippen LogP contribution in [0.3, 0.4) is 0 Å². The number of pyridine rings is 1. The van der Waals surface area contributed by atoms with E-state index in [4.69, 9.17) is 0 Å². The molecule has 6 rings (SSSR count). The maximum absolute atomic E-state index is 4.53. The van der Waals surface area contributed by atoms with E-state index in [1.807, 2.05) is 35.4 Å². The van der Waals surface area contributed by atoms with Crippen LogP contribution in [-0.4, -0.2) is 50.2 Å². The molecule has 3 fully saturated rings. The third-order valence-electron chi connectivity index (χ3n) is 6.11. The van der Waals surface area contributed by atoms with Gasteiger partial charge in [-0.25, -0.2) is 4.68 Å². The second-order valence-corrected chi connectivity index (χ2v) is 8.16. The Morgan fingerprint density at radius 3 is 2.57 bits per heavy atom. The fourth-order valence-electron chi connectivity index (χ4n) is 4.73. The number of rotatable bonds is 5. The molecule has 28 heavy (non-hydrogen) atoms. The summed E-state index contributed by atoms with van der Waals surface area (Å²) in [6.45, 7) is 5.57. The van der Waals surface area contributed by atoms with Crippen LogP contribution in [0.2, 0.25) is 0 Å². The van der Waals surface area contributed by atoms with Crippen molar-refractivity contribution in [2.24, 2.45) is 5.92 Å². The van der Waals surface area contributed by atoms with Crippen molar-refractivity contribution in [2.75, 3.05) is 19.6 Å². The summed E-state index contributed by atoms with van der Waals surface area (Å²) in [5.74, 6) is 0.769. The molecule has 3 aromatic rings. The van der Waals surface area contributed by atoms with Crippen LogP contribution in [-0.2, 0) is 13.1 Å². The van der Waals surface area contributed by atoms with Gasteiger partial charge in [0.2, 0.25) is 0 Å². The molecule has 0 spiro atoms. The first kappa shape index (κ1) is 17.6. The molecule has 0 aliphatic carbocycles. The van der Waals surface area contributed by atoms with E-state index in [0.29, 0.717) is 6.04 Å². The molecule has 3 aliphatic rings. The number of hydrogen-bond donors (Lipinski definition) is 0. The molecule has 3 saturated heterocycles. The van der Waals surface area contributed by atoms with E-state index in [1.54, 1.807) is 0 Å². The lowest BCUT2D eigenvalue weighted by Gasteiger charge is -2.36. The molecular formula is C23H27N5. The van der Waals surface area contributed by atoms with Crippen LogP contribution in [0.4, 0.5) is 0 Å². The maximum atomic E-state index is 4.53. The van der Waals surface area contributed by atoms with Gasteiger partial charge in [0.25, 0.3) is 0 Å². The summed E-state index contributed by atoms with van der Waals surface area (Å²) in [7, 11) is 0. The third kappa shape index (κ3) is 3.86. The molecule has 5 heteroatoms. The van der Waals surface area contributed by atoms with Gasteiger partial charge in [0.1, 0.15) is 0 Å². The van der Waals surface area contributed by atoms with Crippen LogP contribution < -0.4 is 0 Å². The smallest absolute Gasteiger partial charge is 0.0645 e. The summed E-state index contributed by atoms with van der Waals surface area (Å²) in [6, 6.07) is 17.7. The fourth-order valence-corrected chi connectivity index (χ4v) is 4.73. The lowest BCUT2D eigenvalue weighted by molar-refractivity contribution is 0.123. The van der Waals surface area contributed by atoms with Gasteiger partial charge in [-0.3, -0.25) is 14.8 Å². The topological polar surface area (TPSA) is 37.2 Å². The first-order chi connectivity index (χ1) is 13.8. The van der Waals surface area contributed by atoms with E-state index in [2.05, 4.69) is 56.3 Å². The molecule has 5 heterocycles. The molecule has 1 aromatic carbocycles. The second-order valence-electron chi connectivity index (χ2n) is 8.16. The molecular weight excluding hydrogens is 346 g/mol. The summed E-state index contributed by atoms with van der Waals surface area (Å²) >= 11 is 0. The molecule has 0 N–H and O–H groups in total. The Kier molecular flexibility index (Phi) is 4.93. The van der Waals surface area contributed by atoms with Gasteiger partial charge in [0.15, 0.2) is 0 Å². The first-order valence-electron chi connectivity index (χ1n) is 10.3. The summed E-state index contributed by atoms with van der Waals surface area (Å²) in [5, 5.41) is 4.31. The highest BCUT2D eigenvalue weighted by Crippen LogP contribution is 2.30. The van der Waals surface area contributed by atoms with Crippen molar-refractivity contribution in [1.82, 2.24) is 24.6 Å². The zero-order valence-electron chi connectivity index (χ0n) is 16.2. The predicted octanol–water partition coefficient (Wildman–Crippen LogP) is 3.36. The predicted molar refractivity (Wildman–Crippen MR) is 110 cm³/mol. The minimum Gasteiger partial charge on any atom is -0.296 e. The van der Waals surface area contributed by atoms with Gasteiger partial charge in [-0.15, -0.1) is 0 Å². The van der Waals surface area contributed by atoms with Crippen LogP contribution in [0.5, 0.6) is 0 Å². The summed E-state index contributed by atoms with van der Waals surface area (Å²) in [4.78, 5) is 9.85. The average Bonchev–Trinajstić information content (AvgIpc) is 3.13. The average molecular weight is 374 g/mol. The summed E-state index contributed by atoms with van der Waals surface area (Å²) in [6.07, 6.45) is 8.38. The number of fused-ring (bicyclic) bond motifs is 4. The Bertz CT molecular complexity index is 875. The zero-order valence-corrected chi connectivity index (χ0v) is 16.2. The van der Waals surface area contributed by atoms with Gasteiger partial charge in [-0.1, -0.05) is 18.2 Å². The molecule has 144 valence electrons. The van der Waals surface area contributed by atoms with E-state index in [-0.39, 0.29) is 0 Å². The zero-order chi connectivity index (χ0) is 18.8. The largest absolute Gasteiger partial charge is 0.296 e. The quantitative estimate of drug-likeness (QED) is 0.687. The van der Waals surface area contributed by atoms with E-state index in [1.165, 1.54) is 37.2 Å². The SMILES string of the molecule is c1ccc(CN2CC3CCC(C2)N(Cc2ccc(-n4cccn4)cc2)C3)nc1. The van der Waals surface area contributed by atoms with Crippen molar-refractivity contribution in [3.05, 3.63) is 78.4 Å². The fraction of sp³-hybridized carbons (Fsp3) is 0.391. The van der Waals surface area contributed by atoms with Gasteiger partial charge in [0, 0.05) is 57.4 Å². The van der Waals surface area contributed by atoms with Gasteiger partial charge < -0.3 is 0 Å². The van der Waals surface area contributed by atoms with E-state index in [9.17, 15) is 0 Å². The molecule has 2 atom stereocenters. The molecule has 2 bridgehead atoms. The first-order valence-corrected chi connectivity index (χ1v) is 10.3. The van der Waals surface area contributed by atoms with E-state index in [0.717, 1.165) is 31.2 Å². The Balaban J connectivity index is 1.25. The lowest BCUT2D eigenvalue weighted by Crippen LogP contribution is -2.43. The van der Waals surface area contributed by atoms with Crippen LogP contribution in [0, 0.1) is 5.92 Å². The van der Waals surface area contributed by atoms with Crippen LogP contribution >= 0.6 is 0 Å².